The number of hydrogen-bond donors (Lipinski definition) is 0. The van der Waals surface area contributed by atoms with Crippen LogP contribution in [0.3, 0.4) is 0 Å². The quantitative estimate of drug-likeness (QED) is 0.478. The zero-order valence-electron chi connectivity index (χ0n) is 7.42. The normalized spacial score (nSPS) is 11.2. The number of rotatable bonds is 2. The number of hydrogen-bond acceptors (Lipinski definition) is 3. The van der Waals surface area contributed by atoms with Gasteiger partial charge >= 0.3 is 6.18 Å². The molecule has 0 aliphatic heterocycles. The third kappa shape index (κ3) is 2.38. The molecule has 0 heterocycles. The Bertz CT molecular complexity index is 459. The van der Waals surface area contributed by atoms with E-state index in [4.69, 9.17) is 0 Å². The minimum atomic E-state index is -4.66. The van der Waals surface area contributed by atoms with Crippen molar-refractivity contribution in [3.63, 3.8) is 0 Å². The Balaban J connectivity index is 3.50. The van der Waals surface area contributed by atoms with E-state index >= 15 is 0 Å². The molecule has 8 heteroatoms. The van der Waals surface area contributed by atoms with Gasteiger partial charge in [0.05, 0.1) is 20.5 Å². The van der Waals surface area contributed by atoms with Gasteiger partial charge in [-0.3, -0.25) is 14.9 Å². The third-order valence-electron chi connectivity index (χ3n) is 1.73. The smallest absolute Gasteiger partial charge is 0.298 e. The molecule has 1 aromatic rings. The van der Waals surface area contributed by atoms with Crippen LogP contribution in [0.2, 0.25) is 0 Å². The molecule has 0 aliphatic carbocycles. The van der Waals surface area contributed by atoms with E-state index in [1.165, 1.54) is 0 Å². The molecule has 0 aliphatic rings. The molecular weight excluding hydrogens is 295 g/mol. The Morgan fingerprint density at radius 2 is 1.94 bits per heavy atom. The van der Waals surface area contributed by atoms with Crippen molar-refractivity contribution >= 4 is 27.9 Å². The lowest BCUT2D eigenvalue weighted by Crippen LogP contribution is -2.07. The minimum Gasteiger partial charge on any atom is -0.298 e. The zero-order chi connectivity index (χ0) is 12.5. The lowest BCUT2D eigenvalue weighted by molar-refractivity contribution is -0.385. The Hall–Kier alpha value is -1.44. The predicted octanol–water partition coefficient (Wildman–Crippen LogP) is 3.19. The van der Waals surface area contributed by atoms with Crippen molar-refractivity contribution in [3.05, 3.63) is 37.8 Å². The highest BCUT2D eigenvalue weighted by molar-refractivity contribution is 9.10. The fourth-order valence-electron chi connectivity index (χ4n) is 1.07. The van der Waals surface area contributed by atoms with E-state index in [9.17, 15) is 28.1 Å². The Labute approximate surface area is 95.3 Å². The van der Waals surface area contributed by atoms with Crippen LogP contribution >= 0.6 is 15.9 Å². The maximum absolute atomic E-state index is 12.3. The molecule has 0 amide bonds. The summed E-state index contributed by atoms with van der Waals surface area (Å²) in [5.41, 5.74) is -2.42. The first-order chi connectivity index (χ1) is 7.27. The van der Waals surface area contributed by atoms with Crippen molar-refractivity contribution in [1.29, 1.82) is 0 Å². The maximum Gasteiger partial charge on any atom is 0.416 e. The first-order valence-corrected chi connectivity index (χ1v) is 4.57. The largest absolute Gasteiger partial charge is 0.416 e. The molecule has 0 radical (unpaired) electrons. The molecule has 86 valence electrons. The summed E-state index contributed by atoms with van der Waals surface area (Å²) < 4.78 is 36.6. The van der Waals surface area contributed by atoms with Gasteiger partial charge in [-0.2, -0.15) is 13.2 Å². The molecule has 0 saturated heterocycles. The SMILES string of the molecule is O=Cc1cc(C(F)(F)F)cc(Br)c1[N+](=O)[O-]. The van der Waals surface area contributed by atoms with Crippen LogP contribution in [0, 0.1) is 10.1 Å². The van der Waals surface area contributed by atoms with Gasteiger partial charge in [-0.25, -0.2) is 0 Å². The van der Waals surface area contributed by atoms with Crippen molar-refractivity contribution in [2.24, 2.45) is 0 Å². The Kier molecular flexibility index (Phi) is 3.32. The van der Waals surface area contributed by atoms with Crippen molar-refractivity contribution in [3.8, 4) is 0 Å². The number of alkyl halides is 3. The number of halogens is 4. The number of nitrogens with zero attached hydrogens (tertiary/aromatic N) is 1. The van der Waals surface area contributed by atoms with Crippen LogP contribution in [0.1, 0.15) is 15.9 Å². The maximum atomic E-state index is 12.3. The van der Waals surface area contributed by atoms with Gasteiger partial charge in [-0.15, -0.1) is 0 Å². The molecule has 0 fully saturated rings. The van der Waals surface area contributed by atoms with Crippen LogP contribution in [0.5, 0.6) is 0 Å². The summed E-state index contributed by atoms with van der Waals surface area (Å²) >= 11 is 2.63. The summed E-state index contributed by atoms with van der Waals surface area (Å²) in [6, 6.07) is 1.00. The second kappa shape index (κ2) is 4.20. The van der Waals surface area contributed by atoms with Crippen molar-refractivity contribution in [1.82, 2.24) is 0 Å². The van der Waals surface area contributed by atoms with Gasteiger partial charge in [0.1, 0.15) is 0 Å². The van der Waals surface area contributed by atoms with Gasteiger partial charge in [-0.05, 0) is 28.1 Å². The van der Waals surface area contributed by atoms with Crippen LogP contribution in [0.15, 0.2) is 16.6 Å². The van der Waals surface area contributed by atoms with Crippen LogP contribution in [-0.2, 0) is 6.18 Å². The van der Waals surface area contributed by atoms with Crippen molar-refractivity contribution < 1.29 is 22.9 Å². The van der Waals surface area contributed by atoms with E-state index in [1.54, 1.807) is 0 Å². The summed E-state index contributed by atoms with van der Waals surface area (Å²) in [4.78, 5) is 20.0. The zero-order valence-corrected chi connectivity index (χ0v) is 9.00. The second-order valence-electron chi connectivity index (χ2n) is 2.77. The van der Waals surface area contributed by atoms with Gasteiger partial charge in [0.15, 0.2) is 6.29 Å². The molecule has 0 unspecified atom stereocenters. The molecule has 16 heavy (non-hydrogen) atoms. The van der Waals surface area contributed by atoms with Crippen molar-refractivity contribution in [2.45, 2.75) is 6.18 Å². The first-order valence-electron chi connectivity index (χ1n) is 3.77. The van der Waals surface area contributed by atoms with Gasteiger partial charge in [0.25, 0.3) is 5.69 Å². The van der Waals surface area contributed by atoms with Crippen LogP contribution in [0.4, 0.5) is 18.9 Å². The Morgan fingerprint density at radius 3 is 2.31 bits per heavy atom. The summed E-state index contributed by atoms with van der Waals surface area (Å²) in [6.07, 6.45) is -4.65. The second-order valence-corrected chi connectivity index (χ2v) is 3.62. The van der Waals surface area contributed by atoms with E-state index in [-0.39, 0.29) is 10.8 Å². The van der Waals surface area contributed by atoms with E-state index < -0.39 is 27.9 Å². The van der Waals surface area contributed by atoms with Gasteiger partial charge in [0, 0.05) is 0 Å². The molecular formula is C8H3BrF3NO3. The Morgan fingerprint density at radius 1 is 1.38 bits per heavy atom. The van der Waals surface area contributed by atoms with Crippen LogP contribution in [-0.4, -0.2) is 11.2 Å². The fourth-order valence-corrected chi connectivity index (χ4v) is 1.69. The summed E-state index contributed by atoms with van der Waals surface area (Å²) in [7, 11) is 0. The monoisotopic (exact) mass is 297 g/mol. The molecule has 1 rings (SSSR count). The summed E-state index contributed by atoms with van der Waals surface area (Å²) in [6.45, 7) is 0. The summed E-state index contributed by atoms with van der Waals surface area (Å²) in [5, 5.41) is 10.5. The third-order valence-corrected chi connectivity index (χ3v) is 2.33. The molecule has 0 bridgehead atoms. The molecule has 0 saturated carbocycles. The van der Waals surface area contributed by atoms with Gasteiger partial charge < -0.3 is 0 Å². The fraction of sp³-hybridized carbons (Fsp3) is 0.125. The molecule has 0 spiro atoms. The lowest BCUT2D eigenvalue weighted by Gasteiger charge is -2.08. The van der Waals surface area contributed by atoms with Crippen molar-refractivity contribution in [2.75, 3.05) is 0 Å². The number of benzene rings is 1. The van der Waals surface area contributed by atoms with E-state index in [0.717, 1.165) is 0 Å². The number of carbonyl (C=O) groups is 1. The standard InChI is InChI=1S/C8H3BrF3NO3/c9-6-2-5(8(10,11)12)1-4(3-14)7(6)13(15)16/h1-3H. The van der Waals surface area contributed by atoms with Crippen LogP contribution < -0.4 is 0 Å². The number of aldehydes is 1. The minimum absolute atomic E-state index is 0.0120. The predicted molar refractivity (Wildman–Crippen MR) is 51.2 cm³/mol. The highest BCUT2D eigenvalue weighted by Gasteiger charge is 2.33. The molecule has 1 aromatic carbocycles. The lowest BCUT2D eigenvalue weighted by atomic mass is 10.1. The van der Waals surface area contributed by atoms with Gasteiger partial charge in [-0.1, -0.05) is 0 Å². The molecule has 0 N–H and O–H groups in total. The highest BCUT2D eigenvalue weighted by Crippen LogP contribution is 2.36. The number of nitro benzene ring substituents is 1. The average molecular weight is 298 g/mol. The molecule has 4 nitrogen and oxygen atoms in total. The average Bonchev–Trinajstić information content (AvgIpc) is 2.14. The molecule has 0 aromatic heterocycles. The first kappa shape index (κ1) is 12.6. The number of carbonyl (C=O) groups excluding carboxylic acids is 1. The summed E-state index contributed by atoms with van der Waals surface area (Å²) in [5.74, 6) is 0. The molecule has 0 atom stereocenters. The van der Waals surface area contributed by atoms with Gasteiger partial charge in [0.2, 0.25) is 0 Å². The van der Waals surface area contributed by atoms with E-state index in [2.05, 4.69) is 15.9 Å². The van der Waals surface area contributed by atoms with Crippen LogP contribution in [0.25, 0.3) is 0 Å². The number of nitro groups is 1. The topological polar surface area (TPSA) is 60.2 Å². The highest BCUT2D eigenvalue weighted by atomic mass is 79.9. The van der Waals surface area contributed by atoms with E-state index in [0.29, 0.717) is 12.1 Å². The van der Waals surface area contributed by atoms with E-state index in [1.807, 2.05) is 0 Å².